The van der Waals surface area contributed by atoms with Gasteiger partial charge in [-0.1, -0.05) is 0 Å². The zero-order valence-electron chi connectivity index (χ0n) is 12.5. The van der Waals surface area contributed by atoms with Crippen LogP contribution < -0.4 is 5.32 Å². The third-order valence-corrected chi connectivity index (χ3v) is 4.43. The number of nitrogens with zero attached hydrogens (tertiary/aromatic N) is 2. The summed E-state index contributed by atoms with van der Waals surface area (Å²) in [6, 6.07) is 3.26. The van der Waals surface area contributed by atoms with E-state index in [9.17, 15) is 13.6 Å². The van der Waals surface area contributed by atoms with Crippen molar-refractivity contribution in [2.75, 3.05) is 20.3 Å². The van der Waals surface area contributed by atoms with Gasteiger partial charge >= 0.3 is 132 Å². The van der Waals surface area contributed by atoms with E-state index >= 15 is 0 Å². The summed E-state index contributed by atoms with van der Waals surface area (Å²) in [5.74, 6) is -0.360. The molecule has 0 saturated carbocycles. The Morgan fingerprint density at radius 3 is 3.00 bits per heavy atom. The van der Waals surface area contributed by atoms with Crippen LogP contribution in [0, 0.1) is 28.8 Å². The minimum atomic E-state index is -1.15. The second-order valence-electron chi connectivity index (χ2n) is 5.67. The van der Waals surface area contributed by atoms with Crippen LogP contribution in [0.4, 0.5) is 8.78 Å². The third kappa shape index (κ3) is 2.41. The molecule has 5 nitrogen and oxygen atoms in total. The number of hydrogen-bond donors (Lipinski definition) is 1. The average molecular weight is 317 g/mol. The van der Waals surface area contributed by atoms with Crippen LogP contribution >= 0.6 is 0 Å². The van der Waals surface area contributed by atoms with Crippen LogP contribution in [0.15, 0.2) is 18.2 Å². The Kier molecular flexibility index (Phi) is 3.90. The summed E-state index contributed by atoms with van der Waals surface area (Å²) in [4.78, 5) is 14.0. The van der Waals surface area contributed by atoms with E-state index in [1.165, 1.54) is 17.9 Å². The van der Waals surface area contributed by atoms with Crippen LogP contribution in [0.3, 0.4) is 0 Å². The van der Waals surface area contributed by atoms with E-state index < -0.39 is 23.1 Å². The van der Waals surface area contributed by atoms with Gasteiger partial charge < -0.3 is 0 Å². The molecule has 2 unspecified atom stereocenters. The van der Waals surface area contributed by atoms with Gasteiger partial charge in [-0.2, -0.15) is 0 Å². The van der Waals surface area contributed by atoms with E-state index in [1.807, 2.05) is 5.97 Å². The SMILES string of the molecule is CN1C(=O)C2CCOCC2(c2ccc(F)cc2F)NC1=BC#N. The zero-order valence-corrected chi connectivity index (χ0v) is 12.5. The molecular weight excluding hydrogens is 303 g/mol. The number of hydrogen-bond acceptors (Lipinski definition) is 4. The van der Waals surface area contributed by atoms with Gasteiger partial charge in [0.05, 0.1) is 0 Å². The summed E-state index contributed by atoms with van der Waals surface area (Å²) in [6.45, 7) is 1.63. The maximum absolute atomic E-state index is 14.4. The van der Waals surface area contributed by atoms with Crippen molar-refractivity contribution < 1.29 is 18.3 Å². The molecule has 1 amide bonds. The second-order valence-corrected chi connectivity index (χ2v) is 5.67. The van der Waals surface area contributed by atoms with Crippen molar-refractivity contribution in [2.45, 2.75) is 12.0 Å². The van der Waals surface area contributed by atoms with Gasteiger partial charge in [0, 0.05) is 0 Å². The number of benzene rings is 1. The quantitative estimate of drug-likeness (QED) is 0.768. The summed E-state index contributed by atoms with van der Waals surface area (Å²) in [6.07, 6.45) is 0.410. The molecular formula is C15H14BF2N3O2. The fourth-order valence-electron chi connectivity index (χ4n) is 3.28. The standard InChI is InChI=1S/C15H14BF2N3O2/c1-21-13(22)11-4-5-23-7-15(11,20-14(21)16-8-19)10-3-2-9(17)6-12(10)18/h2-3,6,11,20H,4-5,7H2,1H3. The van der Waals surface area contributed by atoms with E-state index in [1.54, 1.807) is 7.05 Å². The summed E-state index contributed by atoms with van der Waals surface area (Å²) >= 11 is 0. The number of carbonyl (C=O) groups is 1. The summed E-state index contributed by atoms with van der Waals surface area (Å²) in [5, 5.41) is 12.0. The molecule has 3 rings (SSSR count). The van der Waals surface area contributed by atoms with Gasteiger partial charge in [-0.3, -0.25) is 0 Å². The minimum absolute atomic E-state index is 0.0581. The number of carbonyl (C=O) groups excluding carboxylic acids is 1. The molecule has 0 aliphatic carbocycles. The Balaban J connectivity index is 2.16. The number of halogens is 2. The molecule has 1 aromatic carbocycles. The van der Waals surface area contributed by atoms with Gasteiger partial charge in [0.15, 0.2) is 0 Å². The summed E-state index contributed by atoms with van der Waals surface area (Å²) in [5.41, 5.74) is -0.723. The van der Waals surface area contributed by atoms with Crippen LogP contribution in [0.25, 0.3) is 0 Å². The Bertz CT molecular complexity index is 734. The van der Waals surface area contributed by atoms with E-state index in [-0.39, 0.29) is 23.8 Å². The third-order valence-electron chi connectivity index (χ3n) is 4.43. The van der Waals surface area contributed by atoms with Gasteiger partial charge in [-0.15, -0.1) is 0 Å². The summed E-state index contributed by atoms with van der Waals surface area (Å²) < 4.78 is 33.1. The Morgan fingerprint density at radius 1 is 1.52 bits per heavy atom. The van der Waals surface area contributed by atoms with Crippen molar-refractivity contribution in [3.63, 3.8) is 0 Å². The molecule has 0 aromatic heterocycles. The van der Waals surface area contributed by atoms with E-state index in [2.05, 4.69) is 5.32 Å². The topological polar surface area (TPSA) is 65.4 Å². The monoisotopic (exact) mass is 317 g/mol. The fraction of sp³-hybridized carbons (Fsp3) is 0.400. The van der Waals surface area contributed by atoms with Crippen LogP contribution in [-0.4, -0.2) is 43.7 Å². The van der Waals surface area contributed by atoms with E-state index in [4.69, 9.17) is 10.00 Å². The molecule has 23 heavy (non-hydrogen) atoms. The van der Waals surface area contributed by atoms with Crippen molar-refractivity contribution in [3.8, 4) is 5.97 Å². The van der Waals surface area contributed by atoms with E-state index in [0.29, 0.717) is 13.0 Å². The molecule has 8 heteroatoms. The van der Waals surface area contributed by atoms with Crippen LogP contribution in [0.1, 0.15) is 12.0 Å². The number of ether oxygens (including phenoxy) is 1. The van der Waals surface area contributed by atoms with Crippen molar-refractivity contribution in [2.24, 2.45) is 5.92 Å². The van der Waals surface area contributed by atoms with Crippen molar-refractivity contribution in [1.82, 2.24) is 10.2 Å². The predicted octanol–water partition coefficient (Wildman–Crippen LogP) is 0.531. The Morgan fingerprint density at radius 2 is 2.30 bits per heavy atom. The van der Waals surface area contributed by atoms with E-state index in [0.717, 1.165) is 12.1 Å². The molecule has 118 valence electrons. The van der Waals surface area contributed by atoms with Gasteiger partial charge in [0.2, 0.25) is 0 Å². The first kappa shape index (κ1) is 15.6. The molecule has 2 aliphatic heterocycles. The fourth-order valence-corrected chi connectivity index (χ4v) is 3.28. The van der Waals surface area contributed by atoms with Crippen LogP contribution in [0.2, 0.25) is 0 Å². The van der Waals surface area contributed by atoms with Crippen molar-refractivity contribution in [3.05, 3.63) is 35.4 Å². The van der Waals surface area contributed by atoms with Gasteiger partial charge in [0.25, 0.3) is 0 Å². The Labute approximate surface area is 132 Å². The van der Waals surface area contributed by atoms with Crippen molar-refractivity contribution in [1.29, 1.82) is 5.26 Å². The molecule has 0 spiro atoms. The second kappa shape index (κ2) is 5.74. The van der Waals surface area contributed by atoms with Gasteiger partial charge in [-0.05, 0) is 0 Å². The van der Waals surface area contributed by atoms with Crippen LogP contribution in [0.5, 0.6) is 0 Å². The molecule has 1 aromatic rings. The molecule has 2 fully saturated rings. The first-order chi connectivity index (χ1) is 11.0. The van der Waals surface area contributed by atoms with Crippen LogP contribution in [-0.2, 0) is 15.1 Å². The molecule has 0 bridgehead atoms. The number of amides is 1. The molecule has 1 N–H and O–H groups in total. The summed E-state index contributed by atoms with van der Waals surface area (Å²) in [7, 11) is 1.55. The zero-order chi connectivity index (χ0) is 16.6. The maximum atomic E-state index is 14.4. The molecule has 2 saturated heterocycles. The number of rotatable bonds is 1. The average Bonchev–Trinajstić information content (AvgIpc) is 2.52. The first-order valence-corrected chi connectivity index (χ1v) is 7.18. The first-order valence-electron chi connectivity index (χ1n) is 7.18. The van der Waals surface area contributed by atoms with Gasteiger partial charge in [-0.25, -0.2) is 0 Å². The van der Waals surface area contributed by atoms with Crippen molar-refractivity contribution >= 4 is 18.5 Å². The molecule has 2 atom stereocenters. The van der Waals surface area contributed by atoms with Gasteiger partial charge in [0.1, 0.15) is 0 Å². The molecule has 0 radical (unpaired) electrons. The number of nitrogens with one attached hydrogen (secondary N) is 1. The Hall–Kier alpha value is -2.27. The predicted molar refractivity (Wildman–Crippen MR) is 79.2 cm³/mol. The molecule has 2 aliphatic rings. The number of fused-ring (bicyclic) bond motifs is 1. The number of nitriles is 1. The molecule has 2 heterocycles. The normalized spacial score (nSPS) is 28.6.